The van der Waals surface area contributed by atoms with Crippen molar-refractivity contribution in [1.29, 1.82) is 0 Å². The lowest BCUT2D eigenvalue weighted by Crippen LogP contribution is -1.95. The number of aliphatic hydroxyl groups excluding tert-OH is 1. The molecule has 0 fully saturated rings. The van der Waals surface area contributed by atoms with Crippen LogP contribution in [0.5, 0.6) is 11.5 Å². The predicted molar refractivity (Wildman–Crippen MR) is 71.5 cm³/mol. The molecule has 0 saturated carbocycles. The summed E-state index contributed by atoms with van der Waals surface area (Å²) >= 11 is 9.12. The minimum Gasteiger partial charge on any atom is -0.456 e. The van der Waals surface area contributed by atoms with Crippen LogP contribution in [0.4, 0.5) is 4.39 Å². The van der Waals surface area contributed by atoms with Crippen LogP contribution in [0.25, 0.3) is 0 Å². The average molecular weight is 332 g/mol. The molecular weight excluding hydrogens is 322 g/mol. The highest BCUT2D eigenvalue weighted by atomic mass is 79.9. The van der Waals surface area contributed by atoms with Gasteiger partial charge in [0.05, 0.1) is 16.6 Å². The van der Waals surface area contributed by atoms with E-state index < -0.39 is 12.4 Å². The number of benzene rings is 2. The van der Waals surface area contributed by atoms with Gasteiger partial charge in [0.1, 0.15) is 17.3 Å². The molecule has 0 aromatic heterocycles. The maximum absolute atomic E-state index is 13.4. The first-order valence-electron chi connectivity index (χ1n) is 5.13. The molecule has 2 nitrogen and oxygen atoms in total. The van der Waals surface area contributed by atoms with Crippen molar-refractivity contribution in [2.75, 3.05) is 0 Å². The number of halogens is 3. The summed E-state index contributed by atoms with van der Waals surface area (Å²) in [5, 5.41) is 9.70. The second kappa shape index (κ2) is 5.69. The summed E-state index contributed by atoms with van der Waals surface area (Å²) in [4.78, 5) is 0. The molecule has 0 atom stereocenters. The van der Waals surface area contributed by atoms with Gasteiger partial charge in [-0.25, -0.2) is 4.39 Å². The summed E-state index contributed by atoms with van der Waals surface area (Å²) in [6.07, 6.45) is 0. The number of rotatable bonds is 3. The zero-order valence-corrected chi connectivity index (χ0v) is 11.5. The Morgan fingerprint density at radius 3 is 2.67 bits per heavy atom. The molecule has 0 bridgehead atoms. The largest absolute Gasteiger partial charge is 0.456 e. The van der Waals surface area contributed by atoms with Gasteiger partial charge in [0.2, 0.25) is 0 Å². The summed E-state index contributed by atoms with van der Waals surface area (Å²) in [5.41, 5.74) is 0.124. The van der Waals surface area contributed by atoms with Gasteiger partial charge in [-0.2, -0.15) is 0 Å². The van der Waals surface area contributed by atoms with E-state index in [1.807, 2.05) is 0 Å². The van der Waals surface area contributed by atoms with Crippen molar-refractivity contribution in [3.8, 4) is 11.5 Å². The van der Waals surface area contributed by atoms with Crippen LogP contribution in [0.2, 0.25) is 5.02 Å². The van der Waals surface area contributed by atoms with Crippen molar-refractivity contribution >= 4 is 27.5 Å². The molecular formula is C13H9BrClFO2. The molecule has 18 heavy (non-hydrogen) atoms. The molecule has 5 heteroatoms. The molecule has 0 amide bonds. The third-order valence-electron chi connectivity index (χ3n) is 2.35. The summed E-state index contributed by atoms with van der Waals surface area (Å²) in [6.45, 7) is -0.423. The zero-order chi connectivity index (χ0) is 13.1. The fourth-order valence-corrected chi connectivity index (χ4v) is 2.23. The molecule has 0 aliphatic carbocycles. The molecule has 0 spiro atoms. The number of aliphatic hydroxyl groups is 1. The molecule has 0 saturated heterocycles. The van der Waals surface area contributed by atoms with Crippen LogP contribution in [0.1, 0.15) is 5.56 Å². The molecule has 0 radical (unpaired) electrons. The molecule has 0 unspecified atom stereocenters. The summed E-state index contributed by atoms with van der Waals surface area (Å²) in [7, 11) is 0. The summed E-state index contributed by atoms with van der Waals surface area (Å²) in [5.74, 6) is 0.278. The van der Waals surface area contributed by atoms with Gasteiger partial charge in [-0.3, -0.25) is 0 Å². The van der Waals surface area contributed by atoms with Gasteiger partial charge < -0.3 is 9.84 Å². The minimum absolute atomic E-state index is 0.124. The summed E-state index contributed by atoms with van der Waals surface area (Å²) in [6, 6.07) is 9.39. The van der Waals surface area contributed by atoms with Gasteiger partial charge >= 0.3 is 0 Å². The Morgan fingerprint density at radius 2 is 2.00 bits per heavy atom. The number of hydrogen-bond acceptors (Lipinski definition) is 2. The van der Waals surface area contributed by atoms with Crippen molar-refractivity contribution in [3.05, 3.63) is 57.3 Å². The normalized spacial score (nSPS) is 10.4. The Morgan fingerprint density at radius 1 is 1.22 bits per heavy atom. The van der Waals surface area contributed by atoms with Gasteiger partial charge in [0, 0.05) is 5.02 Å². The Balaban J connectivity index is 2.37. The zero-order valence-electron chi connectivity index (χ0n) is 9.16. The van der Waals surface area contributed by atoms with E-state index >= 15 is 0 Å². The molecule has 94 valence electrons. The third kappa shape index (κ3) is 2.83. The SMILES string of the molecule is OCc1c(F)cccc1Oc1ccc(Cl)cc1Br. The van der Waals surface area contributed by atoms with Gasteiger partial charge in [0.15, 0.2) is 0 Å². The second-order valence-electron chi connectivity index (χ2n) is 3.55. The molecule has 0 aliphatic heterocycles. The Kier molecular flexibility index (Phi) is 4.22. The lowest BCUT2D eigenvalue weighted by atomic mass is 10.2. The minimum atomic E-state index is -0.500. The van der Waals surface area contributed by atoms with Crippen molar-refractivity contribution < 1.29 is 14.2 Å². The molecule has 2 aromatic carbocycles. The Labute approximate surface area is 117 Å². The molecule has 2 rings (SSSR count). The molecule has 2 aromatic rings. The highest BCUT2D eigenvalue weighted by Crippen LogP contribution is 2.33. The monoisotopic (exact) mass is 330 g/mol. The van der Waals surface area contributed by atoms with Crippen LogP contribution >= 0.6 is 27.5 Å². The topological polar surface area (TPSA) is 29.5 Å². The van der Waals surface area contributed by atoms with Crippen molar-refractivity contribution in [1.82, 2.24) is 0 Å². The first kappa shape index (κ1) is 13.3. The van der Waals surface area contributed by atoms with Crippen LogP contribution in [0.3, 0.4) is 0 Å². The molecule has 0 heterocycles. The van der Waals surface area contributed by atoms with Crippen LogP contribution in [-0.4, -0.2) is 5.11 Å². The van der Waals surface area contributed by atoms with Gasteiger partial charge in [-0.05, 0) is 46.3 Å². The van der Waals surface area contributed by atoms with E-state index in [4.69, 9.17) is 21.4 Å². The van der Waals surface area contributed by atoms with E-state index in [9.17, 15) is 4.39 Å². The highest BCUT2D eigenvalue weighted by molar-refractivity contribution is 9.10. The van der Waals surface area contributed by atoms with Crippen LogP contribution in [-0.2, 0) is 6.61 Å². The van der Waals surface area contributed by atoms with E-state index in [1.54, 1.807) is 24.3 Å². The summed E-state index contributed by atoms with van der Waals surface area (Å²) < 4.78 is 19.7. The Bertz CT molecular complexity index is 575. The third-order valence-corrected chi connectivity index (χ3v) is 3.20. The fourth-order valence-electron chi connectivity index (χ4n) is 1.46. The van der Waals surface area contributed by atoms with Crippen LogP contribution < -0.4 is 4.74 Å². The van der Waals surface area contributed by atoms with Gasteiger partial charge in [-0.15, -0.1) is 0 Å². The number of ether oxygens (including phenoxy) is 1. The lowest BCUT2D eigenvalue weighted by Gasteiger charge is -2.11. The van der Waals surface area contributed by atoms with Crippen molar-refractivity contribution in [2.45, 2.75) is 6.61 Å². The van der Waals surface area contributed by atoms with E-state index in [1.165, 1.54) is 12.1 Å². The standard InChI is InChI=1S/C13H9BrClFO2/c14-10-6-8(15)4-5-13(10)18-12-3-1-2-11(16)9(12)7-17/h1-6,17H,7H2. The fraction of sp³-hybridized carbons (Fsp3) is 0.0769. The highest BCUT2D eigenvalue weighted by Gasteiger charge is 2.11. The quantitative estimate of drug-likeness (QED) is 0.895. The van der Waals surface area contributed by atoms with Gasteiger partial charge in [-0.1, -0.05) is 17.7 Å². The van der Waals surface area contributed by atoms with Crippen molar-refractivity contribution in [3.63, 3.8) is 0 Å². The van der Waals surface area contributed by atoms with E-state index in [2.05, 4.69) is 15.9 Å². The second-order valence-corrected chi connectivity index (χ2v) is 4.84. The first-order chi connectivity index (χ1) is 8.61. The maximum Gasteiger partial charge on any atom is 0.141 e. The van der Waals surface area contributed by atoms with E-state index in [0.29, 0.717) is 15.2 Å². The molecule has 1 N–H and O–H groups in total. The maximum atomic E-state index is 13.4. The average Bonchev–Trinajstić information content (AvgIpc) is 2.33. The van der Waals surface area contributed by atoms with E-state index in [-0.39, 0.29) is 11.3 Å². The first-order valence-corrected chi connectivity index (χ1v) is 6.30. The van der Waals surface area contributed by atoms with Crippen molar-refractivity contribution in [2.24, 2.45) is 0 Å². The van der Waals surface area contributed by atoms with Crippen LogP contribution in [0, 0.1) is 5.82 Å². The lowest BCUT2D eigenvalue weighted by molar-refractivity contribution is 0.270. The van der Waals surface area contributed by atoms with Crippen LogP contribution in [0.15, 0.2) is 40.9 Å². The molecule has 0 aliphatic rings. The number of hydrogen-bond donors (Lipinski definition) is 1. The smallest absolute Gasteiger partial charge is 0.141 e. The van der Waals surface area contributed by atoms with Gasteiger partial charge in [0.25, 0.3) is 0 Å². The van der Waals surface area contributed by atoms with E-state index in [0.717, 1.165) is 0 Å². The predicted octanol–water partition coefficient (Wildman–Crippen LogP) is 4.53. The Hall–Kier alpha value is -1.10.